The van der Waals surface area contributed by atoms with Gasteiger partial charge in [-0.2, -0.15) is 18.4 Å². The number of para-hydroxylation sites is 2. The number of halogens is 3. The number of ether oxygens (including phenoxy) is 1. The molecule has 0 aliphatic heterocycles. The van der Waals surface area contributed by atoms with Crippen molar-refractivity contribution in [2.75, 3.05) is 19.5 Å². The first-order valence-electron chi connectivity index (χ1n) is 7.71. The van der Waals surface area contributed by atoms with Crippen LogP contribution in [0.1, 0.15) is 11.3 Å². The molecule has 0 radical (unpaired) electrons. The van der Waals surface area contributed by atoms with E-state index in [1.54, 1.807) is 18.2 Å². The van der Waals surface area contributed by atoms with Gasteiger partial charge in [-0.1, -0.05) is 12.1 Å². The molecular weight excluding hydrogens is 361 g/mol. The van der Waals surface area contributed by atoms with Gasteiger partial charge in [0.2, 0.25) is 0 Å². The van der Waals surface area contributed by atoms with E-state index in [1.807, 2.05) is 6.07 Å². The van der Waals surface area contributed by atoms with Crippen LogP contribution in [-0.4, -0.2) is 23.7 Å². The van der Waals surface area contributed by atoms with Crippen molar-refractivity contribution in [3.63, 3.8) is 0 Å². The zero-order chi connectivity index (χ0) is 19.8. The monoisotopic (exact) mass is 374 g/mol. The van der Waals surface area contributed by atoms with Crippen LogP contribution >= 0.6 is 0 Å². The number of aromatic nitrogens is 2. The molecule has 3 aromatic rings. The number of benzene rings is 1. The normalized spacial score (nSPS) is 11.3. The molecule has 0 amide bonds. The molecule has 138 valence electrons. The molecule has 1 aromatic carbocycles. The molecule has 2 heterocycles. The quantitative estimate of drug-likeness (QED) is 0.761. The van der Waals surface area contributed by atoms with Gasteiger partial charge in [0.25, 0.3) is 5.56 Å². The summed E-state index contributed by atoms with van der Waals surface area (Å²) >= 11 is 0. The third-order valence-corrected chi connectivity index (χ3v) is 4.00. The zero-order valence-corrected chi connectivity index (χ0v) is 14.3. The number of nitrogens with zero attached hydrogens (tertiary/aromatic N) is 3. The lowest BCUT2D eigenvalue weighted by molar-refractivity contribution is -0.141. The van der Waals surface area contributed by atoms with Gasteiger partial charge >= 0.3 is 6.18 Å². The second-order valence-electron chi connectivity index (χ2n) is 5.49. The summed E-state index contributed by atoms with van der Waals surface area (Å²) in [4.78, 5) is 16.6. The maximum absolute atomic E-state index is 13.2. The van der Waals surface area contributed by atoms with E-state index in [1.165, 1.54) is 26.3 Å². The molecule has 0 aliphatic rings. The van der Waals surface area contributed by atoms with Gasteiger partial charge in [-0.15, -0.1) is 0 Å². The van der Waals surface area contributed by atoms with Crippen molar-refractivity contribution in [1.29, 1.82) is 5.26 Å². The van der Waals surface area contributed by atoms with Crippen molar-refractivity contribution in [3.05, 3.63) is 58.0 Å². The van der Waals surface area contributed by atoms with E-state index in [2.05, 4.69) is 10.3 Å². The van der Waals surface area contributed by atoms with Gasteiger partial charge in [-0.3, -0.25) is 9.36 Å². The van der Waals surface area contributed by atoms with Crippen molar-refractivity contribution in [1.82, 2.24) is 9.55 Å². The van der Waals surface area contributed by atoms with Gasteiger partial charge in [0.15, 0.2) is 0 Å². The van der Waals surface area contributed by atoms with Gasteiger partial charge in [-0.05, 0) is 24.3 Å². The molecule has 0 spiro atoms. The highest BCUT2D eigenvalue weighted by atomic mass is 19.4. The zero-order valence-electron chi connectivity index (χ0n) is 14.3. The molecule has 0 saturated carbocycles. The Hall–Kier alpha value is -3.54. The minimum atomic E-state index is -4.69. The van der Waals surface area contributed by atoms with Crippen LogP contribution in [0.3, 0.4) is 0 Å². The largest absolute Gasteiger partial charge is 0.495 e. The smallest absolute Gasteiger partial charge is 0.433 e. The number of fused-ring (bicyclic) bond motifs is 1. The van der Waals surface area contributed by atoms with Gasteiger partial charge in [0.1, 0.15) is 28.7 Å². The lowest BCUT2D eigenvalue weighted by atomic mass is 10.1. The third kappa shape index (κ3) is 2.95. The molecule has 0 bridgehead atoms. The number of nitriles is 1. The maximum Gasteiger partial charge on any atom is 0.433 e. The van der Waals surface area contributed by atoms with E-state index in [-0.39, 0.29) is 33.7 Å². The van der Waals surface area contributed by atoms with Crippen molar-refractivity contribution in [2.45, 2.75) is 6.18 Å². The van der Waals surface area contributed by atoms with Crippen LogP contribution in [0.25, 0.3) is 16.7 Å². The molecule has 9 heteroatoms. The Morgan fingerprint density at radius 2 is 1.93 bits per heavy atom. The molecule has 27 heavy (non-hydrogen) atoms. The lowest BCUT2D eigenvalue weighted by Gasteiger charge is -2.17. The van der Waals surface area contributed by atoms with Gasteiger partial charge in [0, 0.05) is 12.4 Å². The highest BCUT2D eigenvalue weighted by Gasteiger charge is 2.33. The Kier molecular flexibility index (Phi) is 4.49. The molecule has 0 saturated heterocycles. The SMILES string of the molecule is CNc1c(C#N)c(=O)n(-c2ccccc2OC)c2nc(C(F)(F)F)ccc12. The van der Waals surface area contributed by atoms with E-state index in [4.69, 9.17) is 4.74 Å². The molecule has 0 unspecified atom stereocenters. The minimum absolute atomic E-state index is 0.116. The Bertz CT molecular complexity index is 1130. The Morgan fingerprint density at radius 3 is 2.52 bits per heavy atom. The number of alkyl halides is 3. The van der Waals surface area contributed by atoms with Crippen LogP contribution in [0.15, 0.2) is 41.2 Å². The first-order chi connectivity index (χ1) is 12.8. The number of anilines is 1. The van der Waals surface area contributed by atoms with E-state index in [9.17, 15) is 23.2 Å². The summed E-state index contributed by atoms with van der Waals surface area (Å²) in [6.45, 7) is 0. The summed E-state index contributed by atoms with van der Waals surface area (Å²) < 4.78 is 45.7. The van der Waals surface area contributed by atoms with Crippen molar-refractivity contribution in [3.8, 4) is 17.5 Å². The van der Waals surface area contributed by atoms with Crippen LogP contribution in [-0.2, 0) is 6.18 Å². The Labute approximate surface area is 151 Å². The fourth-order valence-electron chi connectivity index (χ4n) is 2.82. The van der Waals surface area contributed by atoms with E-state index in [0.29, 0.717) is 0 Å². The topological polar surface area (TPSA) is 79.9 Å². The van der Waals surface area contributed by atoms with Crippen LogP contribution < -0.4 is 15.6 Å². The molecule has 2 aromatic heterocycles. The summed E-state index contributed by atoms with van der Waals surface area (Å²) in [5.74, 6) is 0.251. The average Bonchev–Trinajstić information content (AvgIpc) is 2.65. The number of hydrogen-bond donors (Lipinski definition) is 1. The van der Waals surface area contributed by atoms with Crippen molar-refractivity contribution >= 4 is 16.7 Å². The predicted molar refractivity (Wildman–Crippen MR) is 93.2 cm³/mol. The summed E-state index contributed by atoms with van der Waals surface area (Å²) in [5, 5.41) is 12.3. The van der Waals surface area contributed by atoms with E-state index < -0.39 is 17.4 Å². The number of nitrogens with one attached hydrogen (secondary N) is 1. The first kappa shape index (κ1) is 18.3. The van der Waals surface area contributed by atoms with Crippen LogP contribution in [0, 0.1) is 11.3 Å². The molecule has 6 nitrogen and oxygen atoms in total. The van der Waals surface area contributed by atoms with Gasteiger partial charge in [-0.25, -0.2) is 4.98 Å². The van der Waals surface area contributed by atoms with Gasteiger partial charge in [0.05, 0.1) is 18.5 Å². The molecule has 1 N–H and O–H groups in total. The predicted octanol–water partition coefficient (Wildman–Crippen LogP) is 3.33. The Morgan fingerprint density at radius 1 is 1.22 bits per heavy atom. The number of methoxy groups -OCH3 is 1. The van der Waals surface area contributed by atoms with Crippen LogP contribution in [0.2, 0.25) is 0 Å². The standard InChI is InChI=1S/C18H13F3N4O2/c1-23-15-10-7-8-14(18(19,20)21)24-16(10)25(17(26)11(15)9-22)12-5-3-4-6-13(12)27-2/h3-8,23H,1-2H3. The van der Waals surface area contributed by atoms with E-state index >= 15 is 0 Å². The fraction of sp³-hybridized carbons (Fsp3) is 0.167. The molecular formula is C18H13F3N4O2. The highest BCUT2D eigenvalue weighted by Crippen LogP contribution is 2.33. The first-order valence-corrected chi connectivity index (χ1v) is 7.71. The summed E-state index contributed by atoms with van der Waals surface area (Å²) in [7, 11) is 2.84. The lowest BCUT2D eigenvalue weighted by Crippen LogP contribution is -2.25. The number of hydrogen-bond acceptors (Lipinski definition) is 5. The van der Waals surface area contributed by atoms with Gasteiger partial charge < -0.3 is 10.1 Å². The van der Waals surface area contributed by atoms with Crippen molar-refractivity contribution in [2.24, 2.45) is 0 Å². The van der Waals surface area contributed by atoms with Crippen molar-refractivity contribution < 1.29 is 17.9 Å². The van der Waals surface area contributed by atoms with E-state index in [0.717, 1.165) is 10.6 Å². The Balaban J connectivity index is 2.56. The third-order valence-electron chi connectivity index (χ3n) is 4.00. The average molecular weight is 374 g/mol. The fourth-order valence-corrected chi connectivity index (χ4v) is 2.82. The molecule has 3 rings (SSSR count). The second-order valence-corrected chi connectivity index (χ2v) is 5.49. The summed E-state index contributed by atoms with van der Waals surface area (Å²) in [6, 6.07) is 10.1. The highest BCUT2D eigenvalue weighted by molar-refractivity contribution is 5.93. The summed E-state index contributed by atoms with van der Waals surface area (Å²) in [5.41, 5.74) is -2.12. The molecule has 0 fully saturated rings. The van der Waals surface area contributed by atoms with Crippen LogP contribution in [0.4, 0.5) is 18.9 Å². The second kappa shape index (κ2) is 6.64. The summed E-state index contributed by atoms with van der Waals surface area (Å²) in [6.07, 6.45) is -4.69. The minimum Gasteiger partial charge on any atom is -0.495 e. The molecule has 0 aliphatic carbocycles. The van der Waals surface area contributed by atoms with Crippen LogP contribution in [0.5, 0.6) is 5.75 Å². The molecule has 0 atom stereocenters. The maximum atomic E-state index is 13.2. The number of pyridine rings is 2. The number of rotatable bonds is 3.